The molecule has 4 heteroatoms. The van der Waals surface area contributed by atoms with Crippen LogP contribution in [-0.2, 0) is 6.54 Å². The highest BCUT2D eigenvalue weighted by Gasteiger charge is 2.22. The largest absolute Gasteiger partial charge is 0.367 e. The molecule has 0 bridgehead atoms. The second-order valence-electron chi connectivity index (χ2n) is 6.49. The van der Waals surface area contributed by atoms with Gasteiger partial charge >= 0.3 is 0 Å². The Balaban J connectivity index is 2.23. The Morgan fingerprint density at radius 3 is 2.80 bits per heavy atom. The van der Waals surface area contributed by atoms with E-state index >= 15 is 0 Å². The zero-order valence-corrected chi connectivity index (χ0v) is 15.3. The van der Waals surface area contributed by atoms with Crippen LogP contribution in [0.3, 0.4) is 0 Å². The van der Waals surface area contributed by atoms with Gasteiger partial charge in [0.1, 0.15) is 0 Å². The van der Waals surface area contributed by atoms with E-state index in [1.165, 1.54) is 22.8 Å². The number of rotatable bonds is 3. The molecule has 1 heterocycles. The van der Waals surface area contributed by atoms with E-state index in [2.05, 4.69) is 83.8 Å². The molecule has 0 aliphatic carbocycles. The number of benzene rings is 1. The predicted octanol–water partition coefficient (Wildman–Crippen LogP) is 4.28. The molecule has 1 aliphatic rings. The summed E-state index contributed by atoms with van der Waals surface area (Å²) in [4.78, 5) is 2.56. The SMILES string of the molecule is CC1CSCCN1c1cc(Br)ccc1CNC(C)(C)C. The molecule has 112 valence electrons. The molecule has 2 nitrogen and oxygen atoms in total. The predicted molar refractivity (Wildman–Crippen MR) is 94.9 cm³/mol. The summed E-state index contributed by atoms with van der Waals surface area (Å²) in [6.45, 7) is 11.0. The second kappa shape index (κ2) is 6.71. The zero-order chi connectivity index (χ0) is 14.8. The highest BCUT2D eigenvalue weighted by Crippen LogP contribution is 2.30. The van der Waals surface area contributed by atoms with Crippen molar-refractivity contribution < 1.29 is 0 Å². The van der Waals surface area contributed by atoms with Crippen molar-refractivity contribution in [3.63, 3.8) is 0 Å². The van der Waals surface area contributed by atoms with Gasteiger partial charge in [-0.15, -0.1) is 0 Å². The third-order valence-corrected chi connectivity index (χ3v) is 5.22. The summed E-state index contributed by atoms with van der Waals surface area (Å²) >= 11 is 5.68. The molecule has 1 N–H and O–H groups in total. The van der Waals surface area contributed by atoms with E-state index in [4.69, 9.17) is 0 Å². The van der Waals surface area contributed by atoms with Crippen LogP contribution in [-0.4, -0.2) is 29.6 Å². The number of anilines is 1. The van der Waals surface area contributed by atoms with Crippen molar-refractivity contribution in [1.29, 1.82) is 0 Å². The number of hydrogen-bond acceptors (Lipinski definition) is 3. The molecule has 1 aromatic carbocycles. The van der Waals surface area contributed by atoms with Crippen LogP contribution < -0.4 is 10.2 Å². The van der Waals surface area contributed by atoms with Crippen molar-refractivity contribution in [3.8, 4) is 0 Å². The maximum absolute atomic E-state index is 3.62. The number of thioether (sulfide) groups is 1. The van der Waals surface area contributed by atoms with Gasteiger partial charge in [-0.2, -0.15) is 11.8 Å². The van der Waals surface area contributed by atoms with Crippen molar-refractivity contribution in [2.24, 2.45) is 0 Å². The maximum atomic E-state index is 3.62. The molecular formula is C16H25BrN2S. The number of hydrogen-bond donors (Lipinski definition) is 1. The van der Waals surface area contributed by atoms with Gasteiger partial charge in [-0.25, -0.2) is 0 Å². The van der Waals surface area contributed by atoms with Crippen LogP contribution in [0.2, 0.25) is 0 Å². The van der Waals surface area contributed by atoms with Crippen molar-refractivity contribution >= 4 is 33.4 Å². The highest BCUT2D eigenvalue weighted by molar-refractivity contribution is 9.10. The van der Waals surface area contributed by atoms with E-state index in [1.54, 1.807) is 0 Å². The summed E-state index contributed by atoms with van der Waals surface area (Å²) in [6, 6.07) is 7.27. The summed E-state index contributed by atoms with van der Waals surface area (Å²) in [6.07, 6.45) is 0. The third kappa shape index (κ3) is 4.40. The molecule has 0 amide bonds. The number of halogens is 1. The Hall–Kier alpha value is -0.190. The van der Waals surface area contributed by atoms with Crippen LogP contribution >= 0.6 is 27.7 Å². The lowest BCUT2D eigenvalue weighted by atomic mass is 10.1. The fourth-order valence-corrected chi connectivity index (χ4v) is 3.76. The fourth-order valence-electron chi connectivity index (χ4n) is 2.40. The lowest BCUT2D eigenvalue weighted by molar-refractivity contribution is 0.424. The standard InChI is InChI=1S/C16H25BrN2S/c1-12-11-20-8-7-19(12)15-9-14(17)6-5-13(15)10-18-16(2,3)4/h5-6,9,12,18H,7-8,10-11H2,1-4H3. The molecule has 1 fully saturated rings. The van der Waals surface area contributed by atoms with Gasteiger partial charge in [-0.1, -0.05) is 22.0 Å². The van der Waals surface area contributed by atoms with Gasteiger partial charge in [0.2, 0.25) is 0 Å². The first-order valence-corrected chi connectivity index (χ1v) is 9.19. The van der Waals surface area contributed by atoms with Gasteiger partial charge < -0.3 is 10.2 Å². The molecule has 1 atom stereocenters. The van der Waals surface area contributed by atoms with Crippen LogP contribution in [0.1, 0.15) is 33.3 Å². The molecule has 1 aliphatic heterocycles. The van der Waals surface area contributed by atoms with E-state index in [0.29, 0.717) is 6.04 Å². The van der Waals surface area contributed by atoms with Crippen LogP contribution in [0.5, 0.6) is 0 Å². The average molecular weight is 357 g/mol. The van der Waals surface area contributed by atoms with Gasteiger partial charge in [0, 0.05) is 46.3 Å². The zero-order valence-electron chi connectivity index (χ0n) is 12.9. The molecule has 0 saturated carbocycles. The summed E-state index contributed by atoms with van der Waals surface area (Å²) in [5.41, 5.74) is 2.92. The molecule has 1 aromatic rings. The van der Waals surface area contributed by atoms with Crippen molar-refractivity contribution in [2.45, 2.75) is 45.8 Å². The second-order valence-corrected chi connectivity index (χ2v) is 8.56. The molecular weight excluding hydrogens is 332 g/mol. The topological polar surface area (TPSA) is 15.3 Å². The van der Waals surface area contributed by atoms with E-state index < -0.39 is 0 Å². The maximum Gasteiger partial charge on any atom is 0.0426 e. The first kappa shape index (κ1) is 16.2. The van der Waals surface area contributed by atoms with Crippen LogP contribution in [0.25, 0.3) is 0 Å². The van der Waals surface area contributed by atoms with Crippen molar-refractivity contribution in [3.05, 3.63) is 28.2 Å². The van der Waals surface area contributed by atoms with Crippen LogP contribution in [0.4, 0.5) is 5.69 Å². The normalized spacial score (nSPS) is 20.2. The quantitative estimate of drug-likeness (QED) is 0.869. The fraction of sp³-hybridized carbons (Fsp3) is 0.625. The minimum absolute atomic E-state index is 0.147. The summed E-state index contributed by atoms with van der Waals surface area (Å²) < 4.78 is 1.16. The highest BCUT2D eigenvalue weighted by atomic mass is 79.9. The Kier molecular flexibility index (Phi) is 5.43. The smallest absolute Gasteiger partial charge is 0.0426 e. The molecule has 1 saturated heterocycles. The minimum Gasteiger partial charge on any atom is -0.367 e. The monoisotopic (exact) mass is 356 g/mol. The average Bonchev–Trinajstić information content (AvgIpc) is 2.37. The Bertz CT molecular complexity index is 456. The van der Waals surface area contributed by atoms with Gasteiger partial charge in [0.05, 0.1) is 0 Å². The Labute approximate surface area is 135 Å². The van der Waals surface area contributed by atoms with E-state index in [9.17, 15) is 0 Å². The molecule has 0 aromatic heterocycles. The molecule has 2 rings (SSSR count). The molecule has 0 spiro atoms. The molecule has 20 heavy (non-hydrogen) atoms. The van der Waals surface area contributed by atoms with E-state index in [0.717, 1.165) is 17.6 Å². The molecule has 0 radical (unpaired) electrons. The summed E-state index contributed by atoms with van der Waals surface area (Å²) in [7, 11) is 0. The Morgan fingerprint density at radius 1 is 1.40 bits per heavy atom. The van der Waals surface area contributed by atoms with Crippen LogP contribution in [0, 0.1) is 0 Å². The van der Waals surface area contributed by atoms with Gasteiger partial charge in [-0.3, -0.25) is 0 Å². The first-order valence-electron chi connectivity index (χ1n) is 7.25. The minimum atomic E-state index is 0.147. The lowest BCUT2D eigenvalue weighted by Crippen LogP contribution is -2.41. The Morgan fingerprint density at radius 2 is 2.15 bits per heavy atom. The number of nitrogens with zero attached hydrogens (tertiary/aromatic N) is 1. The number of nitrogens with one attached hydrogen (secondary N) is 1. The van der Waals surface area contributed by atoms with Gasteiger partial charge in [0.15, 0.2) is 0 Å². The first-order chi connectivity index (χ1) is 9.37. The summed E-state index contributed by atoms with van der Waals surface area (Å²) in [5.74, 6) is 2.45. The van der Waals surface area contributed by atoms with Gasteiger partial charge in [-0.05, 0) is 45.4 Å². The van der Waals surface area contributed by atoms with Crippen LogP contribution in [0.15, 0.2) is 22.7 Å². The van der Waals surface area contributed by atoms with E-state index in [1.807, 2.05) is 0 Å². The van der Waals surface area contributed by atoms with E-state index in [-0.39, 0.29) is 5.54 Å². The van der Waals surface area contributed by atoms with Crippen molar-refractivity contribution in [1.82, 2.24) is 5.32 Å². The molecule has 1 unspecified atom stereocenters. The third-order valence-electron chi connectivity index (χ3n) is 3.53. The van der Waals surface area contributed by atoms with Crippen molar-refractivity contribution in [2.75, 3.05) is 23.0 Å². The lowest BCUT2D eigenvalue weighted by Gasteiger charge is -2.37. The summed E-state index contributed by atoms with van der Waals surface area (Å²) in [5, 5.41) is 3.60. The van der Waals surface area contributed by atoms with Gasteiger partial charge in [0.25, 0.3) is 0 Å².